The number of hydrogen-bond donors (Lipinski definition) is 0. The van der Waals surface area contributed by atoms with E-state index in [1.807, 2.05) is 32.6 Å². The van der Waals surface area contributed by atoms with Crippen LogP contribution in [-0.4, -0.2) is 33.0 Å². The fourth-order valence-corrected chi connectivity index (χ4v) is 2.22. The maximum absolute atomic E-state index is 12.0. The van der Waals surface area contributed by atoms with Gasteiger partial charge in [0, 0.05) is 6.54 Å². The third-order valence-corrected chi connectivity index (χ3v) is 3.68. The number of halogens is 1. The van der Waals surface area contributed by atoms with Crippen LogP contribution in [0, 0.1) is 0 Å². The van der Waals surface area contributed by atoms with Crippen LogP contribution in [0.4, 0.5) is 0 Å². The van der Waals surface area contributed by atoms with Crippen molar-refractivity contribution in [3.8, 4) is 0 Å². The minimum atomic E-state index is -0.597. The van der Waals surface area contributed by atoms with E-state index in [1.165, 1.54) is 0 Å². The number of rotatable bonds is 2. The van der Waals surface area contributed by atoms with Gasteiger partial charge >= 0.3 is 0 Å². The number of nitrogens with zero attached hydrogens (tertiary/aromatic N) is 2. The van der Waals surface area contributed by atoms with Crippen molar-refractivity contribution in [1.29, 1.82) is 0 Å². The SMILES string of the molecule is CCCN1C(=O)C(C)(C)N(Cl)C1(C)C. The van der Waals surface area contributed by atoms with E-state index in [1.54, 1.807) is 4.42 Å². The maximum Gasteiger partial charge on any atom is 0.245 e. The normalized spacial score (nSPS) is 25.9. The van der Waals surface area contributed by atoms with Crippen LogP contribution in [0.5, 0.6) is 0 Å². The highest BCUT2D eigenvalue weighted by molar-refractivity contribution is 6.17. The molecule has 0 aromatic rings. The van der Waals surface area contributed by atoms with Gasteiger partial charge in [0.2, 0.25) is 5.91 Å². The summed E-state index contributed by atoms with van der Waals surface area (Å²) >= 11 is 6.19. The second kappa shape index (κ2) is 3.38. The molecule has 1 aliphatic heterocycles. The van der Waals surface area contributed by atoms with Crippen LogP contribution < -0.4 is 0 Å². The smallest absolute Gasteiger partial charge is 0.245 e. The van der Waals surface area contributed by atoms with Crippen molar-refractivity contribution in [3.63, 3.8) is 0 Å². The van der Waals surface area contributed by atoms with Gasteiger partial charge in [0.1, 0.15) is 11.2 Å². The van der Waals surface area contributed by atoms with Gasteiger partial charge in [-0.2, -0.15) is 4.42 Å². The molecule has 3 nitrogen and oxygen atoms in total. The van der Waals surface area contributed by atoms with E-state index in [4.69, 9.17) is 11.8 Å². The molecule has 0 aliphatic carbocycles. The second-order valence-electron chi connectivity index (χ2n) is 4.79. The molecule has 0 saturated carbocycles. The molecule has 14 heavy (non-hydrogen) atoms. The average Bonchev–Trinajstić information content (AvgIpc) is 2.19. The third-order valence-electron chi connectivity index (χ3n) is 2.85. The predicted molar refractivity (Wildman–Crippen MR) is 57.9 cm³/mol. The summed E-state index contributed by atoms with van der Waals surface area (Å²) < 4.78 is 1.62. The highest BCUT2D eigenvalue weighted by atomic mass is 35.5. The van der Waals surface area contributed by atoms with Crippen molar-refractivity contribution in [2.75, 3.05) is 6.54 Å². The highest BCUT2D eigenvalue weighted by Crippen LogP contribution is 2.39. The lowest BCUT2D eigenvalue weighted by Gasteiger charge is -2.35. The van der Waals surface area contributed by atoms with Crippen molar-refractivity contribution in [1.82, 2.24) is 9.32 Å². The van der Waals surface area contributed by atoms with Crippen molar-refractivity contribution in [2.45, 2.75) is 52.2 Å². The first-order chi connectivity index (χ1) is 6.26. The Bertz CT molecular complexity index is 251. The summed E-state index contributed by atoms with van der Waals surface area (Å²) in [6.07, 6.45) is 0.954. The highest BCUT2D eigenvalue weighted by Gasteiger charge is 2.55. The van der Waals surface area contributed by atoms with Gasteiger partial charge in [-0.1, -0.05) is 6.92 Å². The second-order valence-corrected chi connectivity index (χ2v) is 5.13. The van der Waals surface area contributed by atoms with Crippen LogP contribution in [0.15, 0.2) is 0 Å². The Labute approximate surface area is 91.1 Å². The molecule has 0 bridgehead atoms. The monoisotopic (exact) mass is 218 g/mol. The van der Waals surface area contributed by atoms with Crippen molar-refractivity contribution < 1.29 is 4.79 Å². The van der Waals surface area contributed by atoms with E-state index in [-0.39, 0.29) is 5.91 Å². The summed E-state index contributed by atoms with van der Waals surface area (Å²) in [5.41, 5.74) is -0.988. The van der Waals surface area contributed by atoms with E-state index >= 15 is 0 Å². The van der Waals surface area contributed by atoms with Gasteiger partial charge in [-0.05, 0) is 45.9 Å². The van der Waals surface area contributed by atoms with Crippen LogP contribution in [0.2, 0.25) is 0 Å². The summed E-state index contributed by atoms with van der Waals surface area (Å²) in [6.45, 7) is 10.5. The molecule has 1 heterocycles. The zero-order valence-electron chi connectivity index (χ0n) is 9.59. The quantitative estimate of drug-likeness (QED) is 0.664. The summed E-state index contributed by atoms with van der Waals surface area (Å²) in [5.74, 6) is 0.111. The van der Waals surface area contributed by atoms with Crippen molar-refractivity contribution in [3.05, 3.63) is 0 Å². The topological polar surface area (TPSA) is 23.6 Å². The maximum atomic E-state index is 12.0. The van der Waals surface area contributed by atoms with Crippen LogP contribution in [0.3, 0.4) is 0 Å². The van der Waals surface area contributed by atoms with E-state index < -0.39 is 11.2 Å². The Morgan fingerprint density at radius 1 is 1.29 bits per heavy atom. The zero-order chi connectivity index (χ0) is 11.1. The number of carbonyl (C=O) groups excluding carboxylic acids is 1. The fraction of sp³-hybridized carbons (Fsp3) is 0.900. The van der Waals surface area contributed by atoms with Gasteiger partial charge < -0.3 is 4.90 Å². The molecule has 0 aromatic carbocycles. The first-order valence-corrected chi connectivity index (χ1v) is 5.38. The lowest BCUT2D eigenvalue weighted by molar-refractivity contribution is -0.133. The standard InChI is InChI=1S/C10H19ClN2O/c1-6-7-12-8(14)9(2,3)13(11)10(12,4)5/h6-7H2,1-5H3. The fourth-order valence-electron chi connectivity index (χ4n) is 2.05. The lowest BCUT2D eigenvalue weighted by atomic mass is 10.1. The zero-order valence-corrected chi connectivity index (χ0v) is 10.4. The van der Waals surface area contributed by atoms with E-state index in [2.05, 4.69) is 6.92 Å². The van der Waals surface area contributed by atoms with Crippen molar-refractivity contribution in [2.24, 2.45) is 0 Å². The Kier molecular flexibility index (Phi) is 2.85. The number of hydrogen-bond acceptors (Lipinski definition) is 2. The number of carbonyl (C=O) groups is 1. The average molecular weight is 219 g/mol. The molecule has 0 atom stereocenters. The minimum Gasteiger partial charge on any atom is -0.322 e. The molecule has 1 amide bonds. The molecule has 0 spiro atoms. The molecule has 82 valence electrons. The first-order valence-electron chi connectivity index (χ1n) is 5.04. The largest absolute Gasteiger partial charge is 0.322 e. The van der Waals surface area contributed by atoms with Crippen LogP contribution >= 0.6 is 11.8 Å². The number of amides is 1. The van der Waals surface area contributed by atoms with Gasteiger partial charge in [-0.3, -0.25) is 4.79 Å². The van der Waals surface area contributed by atoms with Gasteiger partial charge in [0.15, 0.2) is 0 Å². The molecule has 1 saturated heterocycles. The van der Waals surface area contributed by atoms with E-state index in [0.29, 0.717) is 0 Å². The molecular formula is C10H19ClN2O. The molecule has 1 aliphatic rings. The van der Waals surface area contributed by atoms with Crippen LogP contribution in [0.25, 0.3) is 0 Å². The third kappa shape index (κ3) is 1.43. The summed E-state index contributed by atoms with van der Waals surface area (Å²) in [5, 5.41) is 0. The predicted octanol–water partition coefficient (Wildman–Crippen LogP) is 2.21. The Morgan fingerprint density at radius 2 is 1.79 bits per heavy atom. The molecule has 0 N–H and O–H groups in total. The summed E-state index contributed by atoms with van der Waals surface area (Å²) in [7, 11) is 0. The molecule has 1 rings (SSSR count). The molecule has 1 fully saturated rings. The summed E-state index contributed by atoms with van der Waals surface area (Å²) in [6, 6.07) is 0. The van der Waals surface area contributed by atoms with Gasteiger partial charge in [0.25, 0.3) is 0 Å². The van der Waals surface area contributed by atoms with Gasteiger partial charge in [-0.15, -0.1) is 0 Å². The van der Waals surface area contributed by atoms with Crippen molar-refractivity contribution >= 4 is 17.7 Å². The Balaban J connectivity index is 3.04. The van der Waals surface area contributed by atoms with Crippen LogP contribution in [-0.2, 0) is 4.79 Å². The molecular weight excluding hydrogens is 200 g/mol. The minimum absolute atomic E-state index is 0.111. The van der Waals surface area contributed by atoms with Gasteiger partial charge in [-0.25, -0.2) is 0 Å². The molecule has 0 aromatic heterocycles. The molecule has 4 heteroatoms. The lowest BCUT2D eigenvalue weighted by Crippen LogP contribution is -2.47. The van der Waals surface area contributed by atoms with Crippen LogP contribution in [0.1, 0.15) is 41.0 Å². The van der Waals surface area contributed by atoms with E-state index in [9.17, 15) is 4.79 Å². The van der Waals surface area contributed by atoms with E-state index in [0.717, 1.165) is 13.0 Å². The molecule has 0 unspecified atom stereocenters. The Hall–Kier alpha value is -0.280. The first kappa shape index (κ1) is 11.8. The summed E-state index contributed by atoms with van der Waals surface area (Å²) in [4.78, 5) is 13.9. The Morgan fingerprint density at radius 3 is 2.07 bits per heavy atom. The molecule has 0 radical (unpaired) electrons. The van der Waals surface area contributed by atoms with Gasteiger partial charge in [0.05, 0.1) is 0 Å².